The fourth-order valence-electron chi connectivity index (χ4n) is 2.33. The minimum absolute atomic E-state index is 0.0145. The smallest absolute Gasteiger partial charge is 0.224 e. The van der Waals surface area contributed by atoms with Gasteiger partial charge in [0.2, 0.25) is 5.91 Å². The molecule has 0 unspecified atom stereocenters. The zero-order chi connectivity index (χ0) is 18.1. The van der Waals surface area contributed by atoms with E-state index in [4.69, 9.17) is 9.47 Å². The molecule has 0 heterocycles. The van der Waals surface area contributed by atoms with Crippen molar-refractivity contribution in [3.8, 4) is 11.5 Å². The van der Waals surface area contributed by atoms with E-state index in [0.717, 1.165) is 17.1 Å². The van der Waals surface area contributed by atoms with Crippen LogP contribution in [-0.4, -0.2) is 33.2 Å². The number of hydrogen-bond acceptors (Lipinski definition) is 4. The number of para-hydroxylation sites is 2. The van der Waals surface area contributed by atoms with E-state index in [0.29, 0.717) is 31.8 Å². The molecule has 0 aliphatic heterocycles. The first-order valence-corrected chi connectivity index (χ1v) is 8.52. The molecule has 2 aromatic rings. The van der Waals surface area contributed by atoms with Gasteiger partial charge in [-0.15, -0.1) is 0 Å². The Morgan fingerprint density at radius 2 is 1.64 bits per heavy atom. The molecule has 0 aromatic heterocycles. The van der Waals surface area contributed by atoms with Crippen LogP contribution in [0.15, 0.2) is 48.5 Å². The van der Waals surface area contributed by atoms with Crippen LogP contribution in [0.4, 0.5) is 11.4 Å². The van der Waals surface area contributed by atoms with Crippen molar-refractivity contribution >= 4 is 17.3 Å². The normalized spacial score (nSPS) is 10.2. The molecule has 0 atom stereocenters. The number of amides is 1. The van der Waals surface area contributed by atoms with E-state index in [1.807, 2.05) is 74.4 Å². The molecule has 25 heavy (non-hydrogen) atoms. The maximum absolute atomic E-state index is 12.0. The predicted octanol–water partition coefficient (Wildman–Crippen LogP) is 3.95. The molecule has 0 saturated carbocycles. The van der Waals surface area contributed by atoms with E-state index in [9.17, 15) is 4.79 Å². The van der Waals surface area contributed by atoms with E-state index in [1.165, 1.54) is 0 Å². The van der Waals surface area contributed by atoms with Gasteiger partial charge in [-0.05, 0) is 49.7 Å². The summed E-state index contributed by atoms with van der Waals surface area (Å²) in [7, 11) is 3.97. The number of carbonyl (C=O) groups excluding carboxylic acids is 1. The van der Waals surface area contributed by atoms with Gasteiger partial charge in [-0.3, -0.25) is 4.79 Å². The number of ether oxygens (including phenoxy) is 2. The van der Waals surface area contributed by atoms with Crippen molar-refractivity contribution in [1.29, 1.82) is 0 Å². The van der Waals surface area contributed by atoms with Gasteiger partial charge in [-0.2, -0.15) is 0 Å². The number of hydrogen-bond donors (Lipinski definition) is 1. The third-order valence-corrected chi connectivity index (χ3v) is 3.62. The first-order valence-electron chi connectivity index (χ1n) is 8.52. The van der Waals surface area contributed by atoms with Crippen molar-refractivity contribution < 1.29 is 14.3 Å². The van der Waals surface area contributed by atoms with Crippen molar-refractivity contribution in [2.45, 2.75) is 19.8 Å². The Morgan fingerprint density at radius 1 is 1.00 bits per heavy atom. The van der Waals surface area contributed by atoms with E-state index < -0.39 is 0 Å². The predicted molar refractivity (Wildman–Crippen MR) is 102 cm³/mol. The summed E-state index contributed by atoms with van der Waals surface area (Å²) in [5.41, 5.74) is 1.90. The monoisotopic (exact) mass is 342 g/mol. The lowest BCUT2D eigenvalue weighted by atomic mass is 10.2. The average molecular weight is 342 g/mol. The molecule has 0 aliphatic carbocycles. The summed E-state index contributed by atoms with van der Waals surface area (Å²) in [5.74, 6) is 1.43. The van der Waals surface area contributed by atoms with Crippen LogP contribution in [-0.2, 0) is 4.79 Å². The molecule has 2 aromatic carbocycles. The summed E-state index contributed by atoms with van der Waals surface area (Å²) in [6.45, 7) is 3.00. The third-order valence-electron chi connectivity index (χ3n) is 3.62. The highest BCUT2D eigenvalue weighted by molar-refractivity contribution is 5.90. The standard InChI is InChI=1S/C20H26N2O3/c1-4-24-18-8-5-6-9-19(18)25-15-7-10-20(23)21-16-11-13-17(14-12-16)22(2)3/h5-6,8-9,11-14H,4,7,10,15H2,1-3H3,(H,21,23). The second-order valence-electron chi connectivity index (χ2n) is 5.82. The topological polar surface area (TPSA) is 50.8 Å². The van der Waals surface area contributed by atoms with E-state index >= 15 is 0 Å². The molecule has 0 fully saturated rings. The second kappa shape index (κ2) is 9.57. The zero-order valence-corrected chi connectivity index (χ0v) is 15.1. The highest BCUT2D eigenvalue weighted by Crippen LogP contribution is 2.26. The molecule has 5 heteroatoms. The number of carbonyl (C=O) groups is 1. The molecule has 1 N–H and O–H groups in total. The van der Waals surface area contributed by atoms with Crippen LogP contribution in [0.2, 0.25) is 0 Å². The largest absolute Gasteiger partial charge is 0.490 e. The molecular weight excluding hydrogens is 316 g/mol. The van der Waals surface area contributed by atoms with Gasteiger partial charge in [-0.1, -0.05) is 12.1 Å². The number of rotatable bonds is 9. The SMILES string of the molecule is CCOc1ccccc1OCCCC(=O)Nc1ccc(N(C)C)cc1. The molecule has 134 valence electrons. The van der Waals surface area contributed by atoms with Crippen LogP contribution in [0, 0.1) is 0 Å². The van der Waals surface area contributed by atoms with Crippen molar-refractivity contribution in [2.24, 2.45) is 0 Å². The van der Waals surface area contributed by atoms with Crippen molar-refractivity contribution in [1.82, 2.24) is 0 Å². The first kappa shape index (κ1) is 18.6. The second-order valence-corrected chi connectivity index (χ2v) is 5.82. The van der Waals surface area contributed by atoms with Crippen molar-refractivity contribution in [3.63, 3.8) is 0 Å². The number of nitrogens with one attached hydrogen (secondary N) is 1. The Balaban J connectivity index is 1.73. The van der Waals surface area contributed by atoms with Gasteiger partial charge in [0, 0.05) is 31.9 Å². The minimum Gasteiger partial charge on any atom is -0.490 e. The zero-order valence-electron chi connectivity index (χ0n) is 15.1. The Bertz CT molecular complexity index is 669. The van der Waals surface area contributed by atoms with Crippen molar-refractivity contribution in [3.05, 3.63) is 48.5 Å². The third kappa shape index (κ3) is 6.03. The van der Waals surface area contributed by atoms with E-state index in [2.05, 4.69) is 5.32 Å². The fourth-order valence-corrected chi connectivity index (χ4v) is 2.33. The summed E-state index contributed by atoms with van der Waals surface area (Å²) in [6.07, 6.45) is 1.05. The van der Waals surface area contributed by atoms with Crippen LogP contribution < -0.4 is 19.7 Å². The quantitative estimate of drug-likeness (QED) is 0.701. The summed E-state index contributed by atoms with van der Waals surface area (Å²) in [5, 5.41) is 2.90. The minimum atomic E-state index is -0.0145. The molecule has 5 nitrogen and oxygen atoms in total. The van der Waals surface area contributed by atoms with Crippen LogP contribution in [0.25, 0.3) is 0 Å². The molecule has 0 spiro atoms. The summed E-state index contributed by atoms with van der Waals surface area (Å²) < 4.78 is 11.2. The van der Waals surface area contributed by atoms with Crippen LogP contribution in [0.1, 0.15) is 19.8 Å². The summed E-state index contributed by atoms with van der Waals surface area (Å²) >= 11 is 0. The lowest BCUT2D eigenvalue weighted by Gasteiger charge is -2.13. The molecule has 2 rings (SSSR count). The lowest BCUT2D eigenvalue weighted by molar-refractivity contribution is -0.116. The molecule has 0 aliphatic rings. The fraction of sp³-hybridized carbons (Fsp3) is 0.350. The average Bonchev–Trinajstić information content (AvgIpc) is 2.61. The highest BCUT2D eigenvalue weighted by atomic mass is 16.5. The Kier molecular flexibility index (Phi) is 7.14. The Labute approximate surface area is 149 Å². The molecule has 1 amide bonds. The molecule has 0 bridgehead atoms. The molecule has 0 saturated heterocycles. The lowest BCUT2D eigenvalue weighted by Crippen LogP contribution is -2.13. The van der Waals surface area contributed by atoms with Gasteiger partial charge in [0.25, 0.3) is 0 Å². The number of anilines is 2. The van der Waals surface area contributed by atoms with Gasteiger partial charge in [0.1, 0.15) is 0 Å². The van der Waals surface area contributed by atoms with Crippen LogP contribution in [0.5, 0.6) is 11.5 Å². The van der Waals surface area contributed by atoms with Gasteiger partial charge < -0.3 is 19.7 Å². The summed E-state index contributed by atoms with van der Waals surface area (Å²) in [6, 6.07) is 15.3. The number of benzene rings is 2. The molecular formula is C20H26N2O3. The Morgan fingerprint density at radius 3 is 2.24 bits per heavy atom. The van der Waals surface area contributed by atoms with E-state index in [1.54, 1.807) is 0 Å². The van der Waals surface area contributed by atoms with Gasteiger partial charge in [0.15, 0.2) is 11.5 Å². The van der Waals surface area contributed by atoms with Crippen LogP contribution >= 0.6 is 0 Å². The highest BCUT2D eigenvalue weighted by Gasteiger charge is 2.06. The van der Waals surface area contributed by atoms with Crippen LogP contribution in [0.3, 0.4) is 0 Å². The molecule has 0 radical (unpaired) electrons. The van der Waals surface area contributed by atoms with Gasteiger partial charge >= 0.3 is 0 Å². The maximum atomic E-state index is 12.0. The van der Waals surface area contributed by atoms with Crippen molar-refractivity contribution in [2.75, 3.05) is 37.5 Å². The first-order chi connectivity index (χ1) is 12.1. The Hall–Kier alpha value is -2.69. The van der Waals surface area contributed by atoms with E-state index in [-0.39, 0.29) is 5.91 Å². The van der Waals surface area contributed by atoms with Gasteiger partial charge in [0.05, 0.1) is 13.2 Å². The maximum Gasteiger partial charge on any atom is 0.224 e. The number of nitrogens with zero attached hydrogens (tertiary/aromatic N) is 1. The van der Waals surface area contributed by atoms with Gasteiger partial charge in [-0.25, -0.2) is 0 Å². The summed E-state index contributed by atoms with van der Waals surface area (Å²) in [4.78, 5) is 14.0.